The van der Waals surface area contributed by atoms with E-state index in [1.807, 2.05) is 30.3 Å². The van der Waals surface area contributed by atoms with Gasteiger partial charge in [0.05, 0.1) is 5.92 Å². The molecule has 1 N–H and O–H groups in total. The maximum absolute atomic E-state index is 12.5. The van der Waals surface area contributed by atoms with E-state index in [1.54, 1.807) is 4.90 Å². The van der Waals surface area contributed by atoms with Crippen LogP contribution in [0.4, 0.5) is 5.13 Å². The van der Waals surface area contributed by atoms with Gasteiger partial charge >= 0.3 is 0 Å². The van der Waals surface area contributed by atoms with Crippen LogP contribution < -0.4 is 5.32 Å². The van der Waals surface area contributed by atoms with Crippen LogP contribution in [-0.2, 0) is 16.0 Å². The van der Waals surface area contributed by atoms with E-state index >= 15 is 0 Å². The number of hydrogen-bond donors (Lipinski definition) is 1. The van der Waals surface area contributed by atoms with Crippen molar-refractivity contribution in [2.45, 2.75) is 33.1 Å². The first kappa shape index (κ1) is 18.5. The summed E-state index contributed by atoms with van der Waals surface area (Å²) >= 11 is 1.38. The number of rotatable bonds is 7. The van der Waals surface area contributed by atoms with Crippen molar-refractivity contribution in [3.63, 3.8) is 0 Å². The fourth-order valence-corrected chi connectivity index (χ4v) is 3.71. The summed E-state index contributed by atoms with van der Waals surface area (Å²) in [5.74, 6) is 0.150. The quantitative estimate of drug-likeness (QED) is 0.811. The normalized spacial score (nSPS) is 17.1. The number of nitrogens with one attached hydrogen (secondary N) is 1. The lowest BCUT2D eigenvalue weighted by Gasteiger charge is -2.17. The van der Waals surface area contributed by atoms with Gasteiger partial charge in [-0.05, 0) is 17.9 Å². The minimum atomic E-state index is -0.309. The highest BCUT2D eigenvalue weighted by molar-refractivity contribution is 7.15. The molecule has 1 unspecified atom stereocenters. The molecule has 0 saturated carbocycles. The molecule has 1 atom stereocenters. The molecule has 26 heavy (non-hydrogen) atoms. The summed E-state index contributed by atoms with van der Waals surface area (Å²) in [5, 5.41) is 12.4. The van der Waals surface area contributed by atoms with Gasteiger partial charge in [-0.15, -0.1) is 10.2 Å². The number of amides is 2. The summed E-state index contributed by atoms with van der Waals surface area (Å²) in [6.07, 6.45) is 1.93. The number of nitrogens with zero attached hydrogens (tertiary/aromatic N) is 3. The van der Waals surface area contributed by atoms with Gasteiger partial charge in [0.2, 0.25) is 16.9 Å². The van der Waals surface area contributed by atoms with Crippen molar-refractivity contribution in [3.8, 4) is 0 Å². The predicted molar refractivity (Wildman–Crippen MR) is 102 cm³/mol. The molecule has 2 heterocycles. The van der Waals surface area contributed by atoms with E-state index in [0.717, 1.165) is 23.5 Å². The first-order valence-corrected chi connectivity index (χ1v) is 9.78. The molecule has 1 aromatic carbocycles. The van der Waals surface area contributed by atoms with Gasteiger partial charge in [0.15, 0.2) is 0 Å². The maximum atomic E-state index is 12.5. The summed E-state index contributed by atoms with van der Waals surface area (Å²) in [5.41, 5.74) is 1.16. The molecule has 1 fully saturated rings. The molecule has 138 valence electrons. The van der Waals surface area contributed by atoms with Gasteiger partial charge in [0.25, 0.3) is 0 Å². The molecule has 1 aliphatic rings. The van der Waals surface area contributed by atoms with Crippen molar-refractivity contribution in [1.29, 1.82) is 0 Å². The summed E-state index contributed by atoms with van der Waals surface area (Å²) in [6, 6.07) is 10.0. The third-order valence-electron chi connectivity index (χ3n) is 4.46. The molecule has 0 bridgehead atoms. The van der Waals surface area contributed by atoms with Gasteiger partial charge in [-0.2, -0.15) is 0 Å². The van der Waals surface area contributed by atoms with Crippen LogP contribution in [0.15, 0.2) is 30.3 Å². The van der Waals surface area contributed by atoms with Crippen LogP contribution in [0.3, 0.4) is 0 Å². The number of carbonyl (C=O) groups is 2. The Morgan fingerprint density at radius 3 is 2.81 bits per heavy atom. The first-order valence-electron chi connectivity index (χ1n) is 8.96. The van der Waals surface area contributed by atoms with Crippen molar-refractivity contribution < 1.29 is 9.59 Å². The number of anilines is 1. The zero-order valence-corrected chi connectivity index (χ0v) is 16.0. The van der Waals surface area contributed by atoms with Gasteiger partial charge in [0.1, 0.15) is 5.01 Å². The third-order valence-corrected chi connectivity index (χ3v) is 5.30. The molecule has 2 aromatic rings. The fraction of sp³-hybridized carbons (Fsp3) is 0.474. The van der Waals surface area contributed by atoms with Crippen molar-refractivity contribution in [3.05, 3.63) is 40.9 Å². The van der Waals surface area contributed by atoms with E-state index in [2.05, 4.69) is 29.4 Å². The molecule has 1 aromatic heterocycles. The maximum Gasteiger partial charge on any atom is 0.231 e. The summed E-state index contributed by atoms with van der Waals surface area (Å²) < 4.78 is 0. The molecular formula is C19H24N4O2S. The zero-order chi connectivity index (χ0) is 18.5. The Bertz CT molecular complexity index is 760. The van der Waals surface area contributed by atoms with Gasteiger partial charge in [-0.1, -0.05) is 55.5 Å². The zero-order valence-electron chi connectivity index (χ0n) is 15.1. The second kappa shape index (κ2) is 8.40. The minimum absolute atomic E-state index is 0.0628. The second-order valence-electron chi connectivity index (χ2n) is 7.08. The van der Waals surface area contributed by atoms with Crippen molar-refractivity contribution in [1.82, 2.24) is 15.1 Å². The Morgan fingerprint density at radius 1 is 1.31 bits per heavy atom. The number of carbonyl (C=O) groups excluding carboxylic acids is 2. The second-order valence-corrected chi connectivity index (χ2v) is 8.14. The molecule has 3 rings (SSSR count). The number of likely N-dealkylation sites (tertiary alicyclic amines) is 1. The lowest BCUT2D eigenvalue weighted by Crippen LogP contribution is -2.29. The van der Waals surface area contributed by atoms with E-state index in [9.17, 15) is 9.59 Å². The Balaban J connectivity index is 1.53. The van der Waals surface area contributed by atoms with E-state index in [4.69, 9.17) is 0 Å². The molecule has 6 nitrogen and oxygen atoms in total. The highest BCUT2D eigenvalue weighted by Gasteiger charge is 2.34. The van der Waals surface area contributed by atoms with Gasteiger partial charge in [0, 0.05) is 25.9 Å². The lowest BCUT2D eigenvalue weighted by molar-refractivity contribution is -0.128. The minimum Gasteiger partial charge on any atom is -0.342 e. The molecule has 2 amide bonds. The first-order chi connectivity index (χ1) is 12.5. The lowest BCUT2D eigenvalue weighted by atomic mass is 10.1. The molecule has 0 spiro atoms. The van der Waals surface area contributed by atoms with Crippen LogP contribution in [0.5, 0.6) is 0 Å². The highest BCUT2D eigenvalue weighted by Crippen LogP contribution is 2.23. The van der Waals surface area contributed by atoms with Crippen molar-refractivity contribution in [2.24, 2.45) is 11.8 Å². The third kappa shape index (κ3) is 4.88. The van der Waals surface area contributed by atoms with E-state index in [0.29, 0.717) is 24.0 Å². The number of hydrogen-bond acceptors (Lipinski definition) is 5. The van der Waals surface area contributed by atoms with Crippen molar-refractivity contribution in [2.75, 3.05) is 18.4 Å². The standard InChI is InChI=1S/C19H24N4O2S/c1-13(2)8-9-23-12-15(11-17(23)24)18(25)20-19-22-21-16(26-19)10-14-6-4-3-5-7-14/h3-7,13,15H,8-12H2,1-2H3,(H,20,22,25). The molecule has 1 saturated heterocycles. The van der Waals surface area contributed by atoms with Gasteiger partial charge in [-0.3, -0.25) is 9.59 Å². The molecule has 0 aliphatic carbocycles. The molecule has 1 aliphatic heterocycles. The van der Waals surface area contributed by atoms with Gasteiger partial charge in [-0.25, -0.2) is 0 Å². The predicted octanol–water partition coefficient (Wildman–Crippen LogP) is 2.96. The summed E-state index contributed by atoms with van der Waals surface area (Å²) in [4.78, 5) is 26.3. The van der Waals surface area contributed by atoms with Crippen molar-refractivity contribution >= 4 is 28.3 Å². The average molecular weight is 372 g/mol. The van der Waals surface area contributed by atoms with E-state index < -0.39 is 0 Å². The Labute approximate surface area is 157 Å². The van der Waals surface area contributed by atoms with Crippen LogP contribution >= 0.6 is 11.3 Å². The van der Waals surface area contributed by atoms with Gasteiger partial charge < -0.3 is 10.2 Å². The highest BCUT2D eigenvalue weighted by atomic mass is 32.1. The number of aromatic nitrogens is 2. The SMILES string of the molecule is CC(C)CCN1CC(C(=O)Nc2nnc(Cc3ccccc3)s2)CC1=O. The van der Waals surface area contributed by atoms with Crippen LogP contribution in [-0.4, -0.2) is 40.0 Å². The molecule has 0 radical (unpaired) electrons. The Morgan fingerprint density at radius 2 is 2.08 bits per heavy atom. The Kier molecular flexibility index (Phi) is 5.98. The smallest absolute Gasteiger partial charge is 0.231 e. The average Bonchev–Trinajstić information content (AvgIpc) is 3.20. The summed E-state index contributed by atoms with van der Waals surface area (Å²) in [6.45, 7) is 5.48. The number of benzene rings is 1. The van der Waals surface area contributed by atoms with E-state index in [-0.39, 0.29) is 24.2 Å². The topological polar surface area (TPSA) is 75.2 Å². The summed E-state index contributed by atoms with van der Waals surface area (Å²) in [7, 11) is 0. The fourth-order valence-electron chi connectivity index (χ4n) is 2.93. The Hall–Kier alpha value is -2.28. The van der Waals surface area contributed by atoms with Crippen LogP contribution in [0.2, 0.25) is 0 Å². The van der Waals surface area contributed by atoms with E-state index in [1.165, 1.54) is 11.3 Å². The van der Waals surface area contributed by atoms with Crippen LogP contribution in [0, 0.1) is 11.8 Å². The van der Waals surface area contributed by atoms with Crippen LogP contribution in [0.25, 0.3) is 0 Å². The largest absolute Gasteiger partial charge is 0.342 e. The van der Waals surface area contributed by atoms with Crippen LogP contribution in [0.1, 0.15) is 37.3 Å². The molecule has 7 heteroatoms. The molecular weight excluding hydrogens is 348 g/mol. The monoisotopic (exact) mass is 372 g/mol.